The standard InChI is InChI=1S/C32H45N3O7S2/c1-5-6-18-41-30(36)15-8-7-11-19-40-28-21-26(25(20-27(28)39-4)31(37)35-17-12-13-23(35)2)34-32(38)42-22-24(3)43-44-29-14-9-10-16-33-29/h9-10,14,16,20-21,23-24H,5-8,11-13,15,17-19,22H2,1-4H3,(H,34,38). The van der Waals surface area contributed by atoms with Crippen molar-refractivity contribution in [1.29, 1.82) is 0 Å². The Labute approximate surface area is 268 Å². The van der Waals surface area contributed by atoms with Gasteiger partial charge in [0.15, 0.2) is 11.5 Å². The largest absolute Gasteiger partial charge is 0.493 e. The lowest BCUT2D eigenvalue weighted by molar-refractivity contribution is -0.143. The third-order valence-electron chi connectivity index (χ3n) is 7.01. The number of hydrogen-bond acceptors (Lipinski definition) is 10. The van der Waals surface area contributed by atoms with Crippen LogP contribution in [0.2, 0.25) is 0 Å². The number of hydrogen-bond donors (Lipinski definition) is 1. The van der Waals surface area contributed by atoms with E-state index < -0.39 is 6.09 Å². The maximum absolute atomic E-state index is 13.6. The molecule has 2 unspecified atom stereocenters. The molecule has 0 spiro atoms. The van der Waals surface area contributed by atoms with Crippen LogP contribution in [0, 0.1) is 0 Å². The molecule has 2 atom stereocenters. The Bertz CT molecular complexity index is 1200. The molecule has 1 aliphatic rings. The highest BCUT2D eigenvalue weighted by Crippen LogP contribution is 2.36. The van der Waals surface area contributed by atoms with E-state index in [0.29, 0.717) is 61.8 Å². The Morgan fingerprint density at radius 3 is 2.64 bits per heavy atom. The number of esters is 1. The molecular formula is C32H45N3O7S2. The second-order valence-electron chi connectivity index (χ2n) is 10.7. The zero-order valence-corrected chi connectivity index (χ0v) is 27.8. The van der Waals surface area contributed by atoms with Crippen LogP contribution >= 0.6 is 21.6 Å². The molecule has 1 fully saturated rings. The maximum atomic E-state index is 13.6. The molecule has 242 valence electrons. The van der Waals surface area contributed by atoms with Gasteiger partial charge in [0.05, 0.1) is 31.6 Å². The van der Waals surface area contributed by atoms with E-state index in [2.05, 4.69) is 17.2 Å². The van der Waals surface area contributed by atoms with E-state index in [0.717, 1.165) is 37.1 Å². The van der Waals surface area contributed by atoms with Crippen LogP contribution in [0.3, 0.4) is 0 Å². The summed E-state index contributed by atoms with van der Waals surface area (Å²) in [5.41, 5.74) is 0.613. The van der Waals surface area contributed by atoms with Crippen LogP contribution in [0.4, 0.5) is 10.5 Å². The fourth-order valence-corrected chi connectivity index (χ4v) is 6.41. The first-order valence-corrected chi connectivity index (χ1v) is 17.5. The van der Waals surface area contributed by atoms with E-state index in [1.165, 1.54) is 17.9 Å². The predicted octanol–water partition coefficient (Wildman–Crippen LogP) is 7.37. The fourth-order valence-electron chi connectivity index (χ4n) is 4.53. The van der Waals surface area contributed by atoms with Crippen molar-refractivity contribution in [2.24, 2.45) is 0 Å². The van der Waals surface area contributed by atoms with Crippen LogP contribution in [-0.4, -0.2) is 72.6 Å². The Balaban J connectivity index is 1.61. The highest BCUT2D eigenvalue weighted by atomic mass is 33.1. The van der Waals surface area contributed by atoms with Gasteiger partial charge in [0.25, 0.3) is 5.91 Å². The summed E-state index contributed by atoms with van der Waals surface area (Å²) >= 11 is 0. The topological polar surface area (TPSA) is 116 Å². The first-order valence-electron chi connectivity index (χ1n) is 15.3. The van der Waals surface area contributed by atoms with Crippen molar-refractivity contribution >= 4 is 45.2 Å². The van der Waals surface area contributed by atoms with Gasteiger partial charge in [0.1, 0.15) is 11.6 Å². The van der Waals surface area contributed by atoms with E-state index in [4.69, 9.17) is 18.9 Å². The van der Waals surface area contributed by atoms with Gasteiger partial charge in [-0.1, -0.05) is 30.2 Å². The molecule has 1 aromatic carbocycles. The molecule has 10 nitrogen and oxygen atoms in total. The normalized spacial score (nSPS) is 15.0. The number of methoxy groups -OCH3 is 1. The number of rotatable bonds is 18. The van der Waals surface area contributed by atoms with Crippen LogP contribution in [0.5, 0.6) is 11.5 Å². The minimum atomic E-state index is -0.661. The fraction of sp³-hybridized carbons (Fsp3) is 0.562. The first-order chi connectivity index (χ1) is 21.3. The lowest BCUT2D eigenvalue weighted by Crippen LogP contribution is -2.34. The summed E-state index contributed by atoms with van der Waals surface area (Å²) < 4.78 is 22.3. The molecule has 0 saturated carbocycles. The monoisotopic (exact) mass is 647 g/mol. The third-order valence-corrected chi connectivity index (χ3v) is 9.77. The smallest absolute Gasteiger partial charge is 0.411 e. The van der Waals surface area contributed by atoms with Crippen molar-refractivity contribution in [2.45, 2.75) is 88.5 Å². The van der Waals surface area contributed by atoms with Crippen molar-refractivity contribution < 1.29 is 33.3 Å². The summed E-state index contributed by atoms with van der Waals surface area (Å²) in [6, 6.07) is 9.05. The number of ether oxygens (including phenoxy) is 4. The maximum Gasteiger partial charge on any atom is 0.411 e. The lowest BCUT2D eigenvalue weighted by atomic mass is 10.1. The van der Waals surface area contributed by atoms with E-state index in [1.807, 2.05) is 36.9 Å². The third kappa shape index (κ3) is 11.8. The van der Waals surface area contributed by atoms with E-state index >= 15 is 0 Å². The molecule has 0 bridgehead atoms. The molecule has 2 heterocycles. The summed E-state index contributed by atoms with van der Waals surface area (Å²) in [4.78, 5) is 44.4. The highest BCUT2D eigenvalue weighted by Gasteiger charge is 2.29. The number of benzene rings is 1. The van der Waals surface area contributed by atoms with Gasteiger partial charge < -0.3 is 23.8 Å². The van der Waals surface area contributed by atoms with Crippen LogP contribution in [0.25, 0.3) is 0 Å². The van der Waals surface area contributed by atoms with E-state index in [9.17, 15) is 14.4 Å². The summed E-state index contributed by atoms with van der Waals surface area (Å²) in [5.74, 6) is 0.450. The predicted molar refractivity (Wildman–Crippen MR) is 175 cm³/mol. The Morgan fingerprint density at radius 2 is 1.93 bits per heavy atom. The Morgan fingerprint density at radius 1 is 1.09 bits per heavy atom. The van der Waals surface area contributed by atoms with Gasteiger partial charge in [-0.25, -0.2) is 9.78 Å². The van der Waals surface area contributed by atoms with Gasteiger partial charge >= 0.3 is 12.1 Å². The summed E-state index contributed by atoms with van der Waals surface area (Å²) in [7, 11) is 4.59. The number of likely N-dealkylation sites (tertiary alicyclic amines) is 1. The van der Waals surface area contributed by atoms with Gasteiger partial charge in [-0.2, -0.15) is 0 Å². The Kier molecular flexibility index (Phi) is 15.5. The number of amides is 2. The van der Waals surface area contributed by atoms with E-state index in [-0.39, 0.29) is 29.8 Å². The van der Waals surface area contributed by atoms with Crippen molar-refractivity contribution in [3.8, 4) is 11.5 Å². The summed E-state index contributed by atoms with van der Waals surface area (Å²) in [5, 5.41) is 3.66. The number of carbonyl (C=O) groups excluding carboxylic acids is 3. The van der Waals surface area contributed by atoms with Crippen LogP contribution in [0.15, 0.2) is 41.6 Å². The average Bonchev–Trinajstić information content (AvgIpc) is 3.46. The molecular weight excluding hydrogens is 603 g/mol. The quantitative estimate of drug-likeness (QED) is 0.0998. The molecule has 1 aromatic heterocycles. The number of unbranched alkanes of at least 4 members (excludes halogenated alkanes) is 3. The molecule has 12 heteroatoms. The minimum absolute atomic E-state index is 0.00673. The molecule has 1 saturated heterocycles. The zero-order valence-electron chi connectivity index (χ0n) is 26.2. The van der Waals surface area contributed by atoms with Crippen molar-refractivity contribution in [3.05, 3.63) is 42.1 Å². The summed E-state index contributed by atoms with van der Waals surface area (Å²) in [6.07, 6.45) is 7.40. The molecule has 0 aliphatic carbocycles. The van der Waals surface area contributed by atoms with E-state index in [1.54, 1.807) is 29.1 Å². The van der Waals surface area contributed by atoms with Crippen molar-refractivity contribution in [3.63, 3.8) is 0 Å². The number of aromatic nitrogens is 1. The van der Waals surface area contributed by atoms with Crippen molar-refractivity contribution in [1.82, 2.24) is 9.88 Å². The number of carbonyl (C=O) groups is 3. The van der Waals surface area contributed by atoms with Gasteiger partial charge in [-0.15, -0.1) is 0 Å². The second kappa shape index (κ2) is 19.3. The lowest BCUT2D eigenvalue weighted by Gasteiger charge is -2.24. The molecule has 3 rings (SSSR count). The molecule has 1 aliphatic heterocycles. The van der Waals surface area contributed by atoms with Gasteiger partial charge in [0.2, 0.25) is 0 Å². The second-order valence-corrected chi connectivity index (χ2v) is 13.3. The van der Waals surface area contributed by atoms with Gasteiger partial charge in [-0.3, -0.25) is 14.9 Å². The average molecular weight is 648 g/mol. The molecule has 2 amide bonds. The van der Waals surface area contributed by atoms with Gasteiger partial charge in [-0.05, 0) is 81.4 Å². The van der Waals surface area contributed by atoms with Crippen LogP contribution in [-0.2, 0) is 14.3 Å². The molecule has 2 aromatic rings. The van der Waals surface area contributed by atoms with Gasteiger partial charge in [0, 0.05) is 36.5 Å². The number of nitrogens with one attached hydrogen (secondary N) is 1. The van der Waals surface area contributed by atoms with Crippen molar-refractivity contribution in [2.75, 3.05) is 38.8 Å². The highest BCUT2D eigenvalue weighted by molar-refractivity contribution is 8.76. The first kappa shape index (κ1) is 35.4. The number of anilines is 1. The zero-order chi connectivity index (χ0) is 31.7. The van der Waals surface area contributed by atoms with Crippen LogP contribution < -0.4 is 14.8 Å². The molecule has 0 radical (unpaired) electrons. The number of nitrogens with zero attached hydrogens (tertiary/aromatic N) is 2. The molecule has 44 heavy (non-hydrogen) atoms. The van der Waals surface area contributed by atoms with Crippen LogP contribution in [0.1, 0.15) is 82.5 Å². The Hall–Kier alpha value is -3.12. The summed E-state index contributed by atoms with van der Waals surface area (Å²) in [6.45, 7) is 7.72. The SMILES string of the molecule is CCCCOC(=O)CCCCCOc1cc(NC(=O)OCC(C)SSc2ccccn2)c(C(=O)N2CCCC2C)cc1OC. The molecule has 1 N–H and O–H groups in total. The number of pyridine rings is 1. The minimum Gasteiger partial charge on any atom is -0.493 e.